The Kier molecular flexibility index (Phi) is 6.21. The van der Waals surface area contributed by atoms with Crippen molar-refractivity contribution in [3.63, 3.8) is 0 Å². The molecule has 1 aliphatic carbocycles. The lowest BCUT2D eigenvalue weighted by atomic mass is 9.80. The van der Waals surface area contributed by atoms with E-state index < -0.39 is 32.7 Å². The topological polar surface area (TPSA) is 75.3 Å². The van der Waals surface area contributed by atoms with E-state index in [0.717, 1.165) is 43.9 Å². The van der Waals surface area contributed by atoms with Gasteiger partial charge in [0, 0.05) is 6.04 Å². The first-order valence-electron chi connectivity index (χ1n) is 8.49. The molecule has 0 aliphatic heterocycles. The van der Waals surface area contributed by atoms with E-state index >= 15 is 0 Å². The first kappa shape index (κ1) is 20.5. The molecular weight excluding hydrogens is 369 g/mol. The molecule has 0 atom stereocenters. The van der Waals surface area contributed by atoms with Crippen LogP contribution in [0, 0.1) is 11.8 Å². The van der Waals surface area contributed by atoms with Gasteiger partial charge in [-0.2, -0.15) is 13.2 Å². The minimum absolute atomic E-state index is 0.137. The summed E-state index contributed by atoms with van der Waals surface area (Å²) in [5, 5.41) is 2.60. The van der Waals surface area contributed by atoms with Crippen molar-refractivity contribution >= 4 is 16.1 Å². The molecule has 26 heavy (non-hydrogen) atoms. The third kappa shape index (κ3) is 5.36. The van der Waals surface area contributed by atoms with Crippen LogP contribution >= 0.6 is 0 Å². The molecule has 0 aromatic heterocycles. The lowest BCUT2D eigenvalue weighted by Crippen LogP contribution is -2.45. The number of sulfonamides is 1. The van der Waals surface area contributed by atoms with Crippen LogP contribution in [0.4, 0.5) is 18.0 Å². The molecule has 0 bridgehead atoms. The number of urea groups is 1. The number of carbonyl (C=O) groups is 1. The summed E-state index contributed by atoms with van der Waals surface area (Å²) in [7, 11) is -4.38. The minimum atomic E-state index is -4.66. The highest BCUT2D eigenvalue weighted by Gasteiger charge is 2.32. The Labute approximate surface area is 151 Å². The van der Waals surface area contributed by atoms with Gasteiger partial charge in [-0.25, -0.2) is 17.9 Å². The van der Waals surface area contributed by atoms with E-state index in [1.807, 2.05) is 0 Å². The Hall–Kier alpha value is -1.77. The summed E-state index contributed by atoms with van der Waals surface area (Å²) in [6.45, 7) is 4.29. The minimum Gasteiger partial charge on any atom is -0.335 e. The summed E-state index contributed by atoms with van der Waals surface area (Å²) < 4.78 is 64.3. The molecule has 1 aromatic carbocycles. The van der Waals surface area contributed by atoms with Gasteiger partial charge in [-0.05, 0) is 55.7 Å². The maximum atomic E-state index is 12.7. The van der Waals surface area contributed by atoms with Gasteiger partial charge in [-0.3, -0.25) is 0 Å². The highest BCUT2D eigenvalue weighted by Crippen LogP contribution is 2.31. The normalized spacial score (nSPS) is 21.5. The Morgan fingerprint density at radius 2 is 1.77 bits per heavy atom. The third-order valence-corrected chi connectivity index (χ3v) is 6.08. The van der Waals surface area contributed by atoms with Gasteiger partial charge in [-0.1, -0.05) is 19.9 Å². The van der Waals surface area contributed by atoms with Crippen LogP contribution in [0.15, 0.2) is 29.2 Å². The zero-order valence-corrected chi connectivity index (χ0v) is 15.5. The number of amides is 2. The smallest absolute Gasteiger partial charge is 0.335 e. The molecular formula is C17H23F3N2O3S. The first-order chi connectivity index (χ1) is 12.0. The molecule has 2 N–H and O–H groups in total. The second kappa shape index (κ2) is 7.85. The van der Waals surface area contributed by atoms with E-state index in [-0.39, 0.29) is 6.04 Å². The van der Waals surface area contributed by atoms with E-state index in [9.17, 15) is 26.4 Å². The summed E-state index contributed by atoms with van der Waals surface area (Å²) in [6.07, 6.45) is -1.27. The second-order valence-corrected chi connectivity index (χ2v) is 8.64. The molecule has 5 nitrogen and oxygen atoms in total. The molecule has 0 radical (unpaired) electrons. The third-order valence-electron chi connectivity index (χ3n) is 4.75. The number of nitrogens with one attached hydrogen (secondary N) is 2. The largest absolute Gasteiger partial charge is 0.416 e. The molecule has 1 aromatic rings. The molecule has 1 fully saturated rings. The standard InChI is InChI=1S/C17H23F3N2O3S/c1-11(2)12-6-8-14(9-7-12)21-16(23)22-26(24,25)15-5-3-4-13(10-15)17(18,19)20/h3-5,10-12,14H,6-9H2,1-2H3,(H2,21,22,23). The van der Waals surface area contributed by atoms with Crippen LogP contribution in [-0.2, 0) is 16.2 Å². The molecule has 0 unspecified atom stereocenters. The van der Waals surface area contributed by atoms with E-state index in [1.54, 1.807) is 4.72 Å². The average molecular weight is 392 g/mol. The van der Waals surface area contributed by atoms with E-state index in [2.05, 4.69) is 19.2 Å². The lowest BCUT2D eigenvalue weighted by Gasteiger charge is -2.31. The maximum Gasteiger partial charge on any atom is 0.416 e. The van der Waals surface area contributed by atoms with Crippen molar-refractivity contribution in [2.24, 2.45) is 11.8 Å². The molecule has 146 valence electrons. The summed E-state index contributed by atoms with van der Waals surface area (Å²) in [6, 6.07) is 2.22. The number of alkyl halides is 3. The van der Waals surface area contributed by atoms with Crippen LogP contribution in [0.3, 0.4) is 0 Å². The van der Waals surface area contributed by atoms with Crippen LogP contribution in [-0.4, -0.2) is 20.5 Å². The predicted octanol–water partition coefficient (Wildman–Crippen LogP) is 3.91. The number of halogens is 3. The van der Waals surface area contributed by atoms with Crippen molar-refractivity contribution in [3.05, 3.63) is 29.8 Å². The fourth-order valence-corrected chi connectivity index (χ4v) is 4.13. The fraction of sp³-hybridized carbons (Fsp3) is 0.588. The fourth-order valence-electron chi connectivity index (χ4n) is 3.17. The van der Waals surface area contributed by atoms with Gasteiger partial charge in [0.15, 0.2) is 0 Å². The second-order valence-electron chi connectivity index (χ2n) is 6.96. The van der Waals surface area contributed by atoms with Crippen molar-refractivity contribution in [1.29, 1.82) is 0 Å². The highest BCUT2D eigenvalue weighted by atomic mass is 32.2. The zero-order chi connectivity index (χ0) is 19.5. The summed E-state index contributed by atoms with van der Waals surface area (Å²) in [5.74, 6) is 1.15. The van der Waals surface area contributed by atoms with Crippen LogP contribution < -0.4 is 10.0 Å². The molecule has 2 rings (SSSR count). The molecule has 2 amide bonds. The zero-order valence-electron chi connectivity index (χ0n) is 14.6. The number of carbonyl (C=O) groups excluding carboxylic acids is 1. The van der Waals surface area contributed by atoms with Gasteiger partial charge >= 0.3 is 12.2 Å². The number of hydrogen-bond acceptors (Lipinski definition) is 3. The molecule has 0 spiro atoms. The molecule has 9 heteroatoms. The van der Waals surface area contributed by atoms with Gasteiger partial charge in [0.2, 0.25) is 0 Å². The quantitative estimate of drug-likeness (QED) is 0.816. The highest BCUT2D eigenvalue weighted by molar-refractivity contribution is 7.90. The Morgan fingerprint density at radius 1 is 1.15 bits per heavy atom. The summed E-state index contributed by atoms with van der Waals surface area (Å²) in [5.41, 5.74) is -1.09. The Balaban J connectivity index is 1.98. The lowest BCUT2D eigenvalue weighted by molar-refractivity contribution is -0.137. The SMILES string of the molecule is CC(C)C1CCC(NC(=O)NS(=O)(=O)c2cccc(C(F)(F)F)c2)CC1. The van der Waals surface area contributed by atoms with Gasteiger partial charge in [-0.15, -0.1) is 0 Å². The van der Waals surface area contributed by atoms with Crippen LogP contribution in [0.25, 0.3) is 0 Å². The van der Waals surface area contributed by atoms with Crippen molar-refractivity contribution in [3.8, 4) is 0 Å². The Morgan fingerprint density at radius 3 is 2.31 bits per heavy atom. The molecule has 0 heterocycles. The van der Waals surface area contributed by atoms with Crippen molar-refractivity contribution in [2.45, 2.75) is 56.6 Å². The van der Waals surface area contributed by atoms with Crippen molar-refractivity contribution in [1.82, 2.24) is 10.0 Å². The van der Waals surface area contributed by atoms with Gasteiger partial charge < -0.3 is 5.32 Å². The molecule has 1 aliphatic rings. The van der Waals surface area contributed by atoms with Crippen molar-refractivity contribution < 1.29 is 26.4 Å². The first-order valence-corrected chi connectivity index (χ1v) is 9.98. The number of benzene rings is 1. The van der Waals surface area contributed by atoms with Crippen molar-refractivity contribution in [2.75, 3.05) is 0 Å². The van der Waals surface area contributed by atoms with Crippen LogP contribution in [0.2, 0.25) is 0 Å². The van der Waals surface area contributed by atoms with E-state index in [1.165, 1.54) is 0 Å². The van der Waals surface area contributed by atoms with Crippen LogP contribution in [0.1, 0.15) is 45.1 Å². The maximum absolute atomic E-state index is 12.7. The number of hydrogen-bond donors (Lipinski definition) is 2. The molecule has 1 saturated carbocycles. The monoisotopic (exact) mass is 392 g/mol. The summed E-state index contributed by atoms with van der Waals surface area (Å²) >= 11 is 0. The van der Waals surface area contributed by atoms with Gasteiger partial charge in [0.1, 0.15) is 0 Å². The van der Waals surface area contributed by atoms with E-state index in [0.29, 0.717) is 17.9 Å². The molecule has 0 saturated heterocycles. The Bertz CT molecular complexity index is 740. The average Bonchev–Trinajstić information content (AvgIpc) is 2.54. The van der Waals surface area contributed by atoms with Crippen LogP contribution in [0.5, 0.6) is 0 Å². The number of rotatable bonds is 4. The summed E-state index contributed by atoms with van der Waals surface area (Å²) in [4.78, 5) is 11.4. The van der Waals surface area contributed by atoms with Gasteiger partial charge in [0.25, 0.3) is 10.0 Å². The van der Waals surface area contributed by atoms with Gasteiger partial charge in [0.05, 0.1) is 10.5 Å². The van der Waals surface area contributed by atoms with E-state index in [4.69, 9.17) is 0 Å². The predicted molar refractivity (Wildman–Crippen MR) is 90.9 cm³/mol.